The molecule has 0 atom stereocenters. The smallest absolute Gasteiger partial charge is 0.202 e. The van der Waals surface area contributed by atoms with Crippen molar-refractivity contribution < 1.29 is 4.74 Å². The van der Waals surface area contributed by atoms with Gasteiger partial charge in [-0.1, -0.05) is 38.1 Å². The van der Waals surface area contributed by atoms with Crippen LogP contribution in [0.1, 0.15) is 36.7 Å². The van der Waals surface area contributed by atoms with Gasteiger partial charge in [0.2, 0.25) is 5.13 Å². The maximum Gasteiger partial charge on any atom is 0.202 e. The summed E-state index contributed by atoms with van der Waals surface area (Å²) in [6.45, 7) is 9.76. The van der Waals surface area contributed by atoms with Crippen molar-refractivity contribution >= 4 is 16.7 Å². The third-order valence-corrected chi connectivity index (χ3v) is 4.62. The fourth-order valence-electron chi connectivity index (χ4n) is 2.50. The number of benzene rings is 1. The van der Waals surface area contributed by atoms with Gasteiger partial charge in [-0.3, -0.25) is 4.90 Å². The number of nitrogens with one attached hydrogen (secondary N) is 1. The normalized spacial score (nSPS) is 16.0. The third kappa shape index (κ3) is 4.73. The topological polar surface area (TPSA) is 50.3 Å². The van der Waals surface area contributed by atoms with E-state index in [0.29, 0.717) is 5.92 Å². The first-order valence-electron chi connectivity index (χ1n) is 8.16. The van der Waals surface area contributed by atoms with Crippen LogP contribution in [0.2, 0.25) is 0 Å². The van der Waals surface area contributed by atoms with Gasteiger partial charge >= 0.3 is 0 Å². The van der Waals surface area contributed by atoms with Crippen LogP contribution in [0.25, 0.3) is 0 Å². The van der Waals surface area contributed by atoms with Crippen LogP contribution >= 0.6 is 11.5 Å². The van der Waals surface area contributed by atoms with Crippen molar-refractivity contribution in [3.63, 3.8) is 0 Å². The van der Waals surface area contributed by atoms with Gasteiger partial charge in [0.25, 0.3) is 0 Å². The first-order chi connectivity index (χ1) is 11.2. The summed E-state index contributed by atoms with van der Waals surface area (Å²) in [5.74, 6) is 1.29. The Morgan fingerprint density at radius 2 is 1.87 bits per heavy atom. The summed E-state index contributed by atoms with van der Waals surface area (Å²) in [7, 11) is 0. The number of nitrogens with zero attached hydrogens (tertiary/aromatic N) is 3. The van der Waals surface area contributed by atoms with Crippen LogP contribution in [-0.2, 0) is 17.8 Å². The maximum atomic E-state index is 5.39. The Kier molecular flexibility index (Phi) is 5.59. The van der Waals surface area contributed by atoms with Crippen LogP contribution in [0.5, 0.6) is 0 Å². The molecule has 0 saturated carbocycles. The predicted molar refractivity (Wildman–Crippen MR) is 93.9 cm³/mol. The Morgan fingerprint density at radius 3 is 2.52 bits per heavy atom. The monoisotopic (exact) mass is 332 g/mol. The van der Waals surface area contributed by atoms with E-state index in [2.05, 4.69) is 57.7 Å². The highest BCUT2D eigenvalue weighted by molar-refractivity contribution is 7.09. The molecule has 1 aromatic carbocycles. The molecule has 124 valence electrons. The van der Waals surface area contributed by atoms with E-state index in [1.807, 2.05) is 0 Å². The summed E-state index contributed by atoms with van der Waals surface area (Å²) in [6, 6.07) is 8.80. The Morgan fingerprint density at radius 1 is 1.17 bits per heavy atom. The fraction of sp³-hybridized carbons (Fsp3) is 0.529. The van der Waals surface area contributed by atoms with Crippen LogP contribution in [0.3, 0.4) is 0 Å². The van der Waals surface area contributed by atoms with E-state index in [1.165, 1.54) is 22.7 Å². The highest BCUT2D eigenvalue weighted by Gasteiger charge is 2.10. The first-order valence-corrected chi connectivity index (χ1v) is 8.93. The molecule has 0 spiro atoms. The molecule has 1 fully saturated rings. The second kappa shape index (κ2) is 7.86. The standard InChI is InChI=1S/C17H24N4OS/c1-13(2)16-19-17(23-20-16)18-11-14-3-5-15(6-4-14)12-21-7-9-22-10-8-21/h3-6,13H,7-12H2,1-2H3,(H,18,19,20). The van der Waals surface area contributed by atoms with E-state index in [0.717, 1.165) is 50.3 Å². The summed E-state index contributed by atoms with van der Waals surface area (Å²) in [6.07, 6.45) is 0. The SMILES string of the molecule is CC(C)c1nsc(NCc2ccc(CN3CCOCC3)cc2)n1. The number of rotatable bonds is 6. The molecule has 1 aliphatic rings. The molecule has 0 unspecified atom stereocenters. The number of anilines is 1. The summed E-state index contributed by atoms with van der Waals surface area (Å²) in [5, 5.41) is 4.25. The lowest BCUT2D eigenvalue weighted by Gasteiger charge is -2.26. The molecule has 0 bridgehead atoms. The maximum absolute atomic E-state index is 5.39. The van der Waals surface area contributed by atoms with Gasteiger partial charge in [0.1, 0.15) is 5.82 Å². The molecule has 3 rings (SSSR count). The van der Waals surface area contributed by atoms with Gasteiger partial charge in [-0.05, 0) is 11.1 Å². The zero-order valence-corrected chi connectivity index (χ0v) is 14.6. The van der Waals surface area contributed by atoms with E-state index >= 15 is 0 Å². The van der Waals surface area contributed by atoms with Crippen molar-refractivity contribution in [3.8, 4) is 0 Å². The molecule has 0 radical (unpaired) electrons. The molecule has 1 aliphatic heterocycles. The molecule has 2 aromatic rings. The average molecular weight is 332 g/mol. The van der Waals surface area contributed by atoms with Crippen LogP contribution < -0.4 is 5.32 Å². The van der Waals surface area contributed by atoms with E-state index in [4.69, 9.17) is 4.74 Å². The van der Waals surface area contributed by atoms with Crippen LogP contribution in [-0.4, -0.2) is 40.6 Å². The summed E-state index contributed by atoms with van der Waals surface area (Å²) in [5.41, 5.74) is 2.62. The van der Waals surface area contributed by atoms with Gasteiger partial charge in [-0.15, -0.1) is 0 Å². The van der Waals surface area contributed by atoms with Crippen molar-refractivity contribution in [2.75, 3.05) is 31.6 Å². The average Bonchev–Trinajstić information content (AvgIpc) is 3.04. The van der Waals surface area contributed by atoms with Crippen molar-refractivity contribution in [3.05, 3.63) is 41.2 Å². The van der Waals surface area contributed by atoms with Crippen molar-refractivity contribution in [2.45, 2.75) is 32.9 Å². The van der Waals surface area contributed by atoms with Crippen molar-refractivity contribution in [1.29, 1.82) is 0 Å². The second-order valence-electron chi connectivity index (χ2n) is 6.17. The van der Waals surface area contributed by atoms with E-state index in [-0.39, 0.29) is 0 Å². The third-order valence-electron chi connectivity index (χ3n) is 3.93. The van der Waals surface area contributed by atoms with E-state index < -0.39 is 0 Å². The second-order valence-corrected chi connectivity index (χ2v) is 6.92. The molecule has 6 heteroatoms. The molecule has 1 aromatic heterocycles. The minimum Gasteiger partial charge on any atom is -0.379 e. The Balaban J connectivity index is 1.50. The van der Waals surface area contributed by atoms with E-state index in [1.54, 1.807) is 0 Å². The summed E-state index contributed by atoms with van der Waals surface area (Å²) < 4.78 is 9.75. The number of ether oxygens (including phenoxy) is 1. The number of hydrogen-bond donors (Lipinski definition) is 1. The Bertz CT molecular complexity index is 605. The molecule has 1 N–H and O–H groups in total. The number of aromatic nitrogens is 2. The minimum atomic E-state index is 0.376. The quantitative estimate of drug-likeness (QED) is 0.881. The lowest BCUT2D eigenvalue weighted by Crippen LogP contribution is -2.35. The van der Waals surface area contributed by atoms with Crippen LogP contribution in [0, 0.1) is 0 Å². The predicted octanol–water partition coefficient (Wildman–Crippen LogP) is 3.11. The van der Waals surface area contributed by atoms with Crippen molar-refractivity contribution in [2.24, 2.45) is 0 Å². The molecular weight excluding hydrogens is 308 g/mol. The molecular formula is C17H24N4OS. The van der Waals surface area contributed by atoms with Crippen LogP contribution in [0.15, 0.2) is 24.3 Å². The summed E-state index contributed by atoms with van der Waals surface area (Å²) >= 11 is 1.43. The van der Waals surface area contributed by atoms with Gasteiger partial charge in [0.15, 0.2) is 0 Å². The molecule has 1 saturated heterocycles. The van der Waals surface area contributed by atoms with Gasteiger partial charge in [-0.25, -0.2) is 4.98 Å². The molecule has 0 aliphatic carbocycles. The number of morpholine rings is 1. The highest BCUT2D eigenvalue weighted by atomic mass is 32.1. The molecule has 0 amide bonds. The van der Waals surface area contributed by atoms with E-state index in [9.17, 15) is 0 Å². The summed E-state index contributed by atoms with van der Waals surface area (Å²) in [4.78, 5) is 6.93. The Labute approximate surface area is 141 Å². The first kappa shape index (κ1) is 16.4. The van der Waals surface area contributed by atoms with Gasteiger partial charge in [0.05, 0.1) is 13.2 Å². The Hall–Kier alpha value is -1.50. The number of hydrogen-bond acceptors (Lipinski definition) is 6. The fourth-order valence-corrected chi connectivity index (χ4v) is 3.20. The molecule has 5 nitrogen and oxygen atoms in total. The zero-order chi connectivity index (χ0) is 16.1. The van der Waals surface area contributed by atoms with Gasteiger partial charge in [-0.2, -0.15) is 4.37 Å². The lowest BCUT2D eigenvalue weighted by atomic mass is 10.1. The highest BCUT2D eigenvalue weighted by Crippen LogP contribution is 2.18. The van der Waals surface area contributed by atoms with Gasteiger partial charge < -0.3 is 10.1 Å². The van der Waals surface area contributed by atoms with Gasteiger partial charge in [0, 0.05) is 43.6 Å². The zero-order valence-electron chi connectivity index (χ0n) is 13.8. The largest absolute Gasteiger partial charge is 0.379 e. The van der Waals surface area contributed by atoms with Crippen molar-refractivity contribution in [1.82, 2.24) is 14.3 Å². The minimum absolute atomic E-state index is 0.376. The molecule has 2 heterocycles. The lowest BCUT2D eigenvalue weighted by molar-refractivity contribution is 0.0342. The van der Waals surface area contributed by atoms with Crippen LogP contribution in [0.4, 0.5) is 5.13 Å². The molecule has 23 heavy (non-hydrogen) atoms.